The second kappa shape index (κ2) is 13.7. The van der Waals surface area contributed by atoms with Crippen LogP contribution < -0.4 is 26.0 Å². The highest BCUT2D eigenvalue weighted by Crippen LogP contribution is 2.30. The Balaban J connectivity index is 1.43. The van der Waals surface area contributed by atoms with Crippen LogP contribution in [0.15, 0.2) is 24.3 Å². The van der Waals surface area contributed by atoms with Gasteiger partial charge in [0.25, 0.3) is 0 Å². The summed E-state index contributed by atoms with van der Waals surface area (Å²) in [6, 6.07) is 4.60. The summed E-state index contributed by atoms with van der Waals surface area (Å²) in [5.74, 6) is -0.933. The maximum atomic E-state index is 13.6. The van der Waals surface area contributed by atoms with Gasteiger partial charge in [-0.15, -0.1) is 0 Å². The Morgan fingerprint density at radius 2 is 1.68 bits per heavy atom. The van der Waals surface area contributed by atoms with Crippen molar-refractivity contribution in [1.29, 1.82) is 0 Å². The van der Waals surface area contributed by atoms with Gasteiger partial charge in [0.05, 0.1) is 25.7 Å². The maximum Gasteiger partial charge on any atom is 0.243 e. The first-order chi connectivity index (χ1) is 19.2. The van der Waals surface area contributed by atoms with Crippen LogP contribution in [0.4, 0.5) is 0 Å². The lowest BCUT2D eigenvalue weighted by molar-refractivity contribution is -0.134. The number of amides is 4. The topological polar surface area (TPSA) is 155 Å². The smallest absolute Gasteiger partial charge is 0.243 e. The summed E-state index contributed by atoms with van der Waals surface area (Å²) in [5, 5.41) is 11.1. The van der Waals surface area contributed by atoms with Crippen LogP contribution >= 0.6 is 0 Å². The van der Waals surface area contributed by atoms with E-state index in [2.05, 4.69) is 21.3 Å². The Kier molecular flexibility index (Phi) is 10.1. The minimum absolute atomic E-state index is 0.0970. The summed E-state index contributed by atoms with van der Waals surface area (Å²) in [6.45, 7) is 2.14. The number of benzene rings is 1. The zero-order chi connectivity index (χ0) is 28.6. The van der Waals surface area contributed by atoms with Crippen molar-refractivity contribution in [2.45, 2.75) is 82.5 Å². The van der Waals surface area contributed by atoms with Crippen LogP contribution in [0, 0.1) is 11.8 Å². The van der Waals surface area contributed by atoms with Crippen molar-refractivity contribution in [2.75, 3.05) is 20.3 Å². The molecule has 0 radical (unpaired) electrons. The van der Waals surface area contributed by atoms with Gasteiger partial charge in [0.2, 0.25) is 23.6 Å². The van der Waals surface area contributed by atoms with Crippen LogP contribution in [-0.4, -0.2) is 73.9 Å². The lowest BCUT2D eigenvalue weighted by Crippen LogP contribution is -2.57. The standard InChI is InChI=1S/C29H40N4O7/c1-17(31-28(37)20-9-12-25(34)30-15-20)27(36)33-23(14-19-7-10-21(39-2)11-8-19)29(38)32-22(26(35)24-16-40-24)13-18-5-3-4-6-18/h7-8,10-11,17-18,20,22-24H,3-6,9,12-16H2,1-2H3,(H,30,34)(H,31,37)(H,32,38)(H,33,36)/t17-,20+,22+,23+,24?/m1/s1. The zero-order valence-electron chi connectivity index (χ0n) is 23.2. The van der Waals surface area contributed by atoms with E-state index in [4.69, 9.17) is 9.47 Å². The van der Waals surface area contributed by atoms with Gasteiger partial charge >= 0.3 is 0 Å². The number of epoxide rings is 1. The third kappa shape index (κ3) is 8.27. The Labute approximate surface area is 234 Å². The van der Waals surface area contributed by atoms with Gasteiger partial charge < -0.3 is 30.7 Å². The van der Waals surface area contributed by atoms with Gasteiger partial charge in [0, 0.05) is 19.4 Å². The van der Waals surface area contributed by atoms with Gasteiger partial charge in [-0.2, -0.15) is 0 Å². The fraction of sp³-hybridized carbons (Fsp3) is 0.621. The van der Waals surface area contributed by atoms with Gasteiger partial charge in [0.1, 0.15) is 23.9 Å². The summed E-state index contributed by atoms with van der Waals surface area (Å²) in [5.41, 5.74) is 0.792. The molecule has 11 heteroatoms. The number of hydrogen-bond donors (Lipinski definition) is 4. The minimum atomic E-state index is -0.979. The lowest BCUT2D eigenvalue weighted by atomic mass is 9.94. The van der Waals surface area contributed by atoms with Gasteiger partial charge in [-0.05, 0) is 43.4 Å². The molecule has 2 heterocycles. The molecule has 1 saturated carbocycles. The molecule has 4 amide bonds. The number of piperidine rings is 1. The van der Waals surface area contributed by atoms with Gasteiger partial charge in [-0.1, -0.05) is 37.8 Å². The van der Waals surface area contributed by atoms with Crippen molar-refractivity contribution in [1.82, 2.24) is 21.3 Å². The molecule has 2 saturated heterocycles. The molecular weight excluding hydrogens is 516 g/mol. The van der Waals surface area contributed by atoms with Gasteiger partial charge in [-0.3, -0.25) is 24.0 Å². The molecule has 1 aromatic carbocycles. The van der Waals surface area contributed by atoms with E-state index in [1.165, 1.54) is 0 Å². The van der Waals surface area contributed by atoms with Crippen LogP contribution in [0.25, 0.3) is 0 Å². The van der Waals surface area contributed by atoms with E-state index in [1.807, 2.05) is 12.1 Å². The Morgan fingerprint density at radius 3 is 2.27 bits per heavy atom. The quantitative estimate of drug-likeness (QED) is 0.262. The molecule has 1 unspecified atom stereocenters. The Bertz CT molecular complexity index is 1070. The van der Waals surface area contributed by atoms with E-state index in [0.717, 1.165) is 31.2 Å². The van der Waals surface area contributed by atoms with Gasteiger partial charge in [-0.25, -0.2) is 0 Å². The number of hydrogen-bond acceptors (Lipinski definition) is 7. The highest BCUT2D eigenvalue weighted by molar-refractivity contribution is 5.96. The van der Waals surface area contributed by atoms with Crippen LogP contribution in [-0.2, 0) is 35.1 Å². The third-order valence-corrected chi connectivity index (χ3v) is 7.97. The molecular formula is C29H40N4O7. The van der Waals surface area contributed by atoms with E-state index in [0.29, 0.717) is 31.1 Å². The highest BCUT2D eigenvalue weighted by atomic mass is 16.6. The van der Waals surface area contributed by atoms with Crippen molar-refractivity contribution in [3.63, 3.8) is 0 Å². The number of carbonyl (C=O) groups is 5. The summed E-state index contributed by atoms with van der Waals surface area (Å²) < 4.78 is 10.4. The number of ketones is 1. The average Bonchev–Trinajstić information content (AvgIpc) is 3.68. The summed E-state index contributed by atoms with van der Waals surface area (Å²) >= 11 is 0. The number of carbonyl (C=O) groups excluding carboxylic acids is 5. The van der Waals surface area contributed by atoms with Crippen LogP contribution in [0.5, 0.6) is 5.75 Å². The van der Waals surface area contributed by atoms with Crippen molar-refractivity contribution in [3.05, 3.63) is 29.8 Å². The van der Waals surface area contributed by atoms with E-state index in [-0.39, 0.29) is 37.0 Å². The molecule has 11 nitrogen and oxygen atoms in total. The lowest BCUT2D eigenvalue weighted by Gasteiger charge is -2.26. The average molecular weight is 557 g/mol. The number of ether oxygens (including phenoxy) is 2. The molecule has 4 rings (SSSR count). The fourth-order valence-electron chi connectivity index (χ4n) is 5.39. The molecule has 1 aromatic rings. The van der Waals surface area contributed by atoms with E-state index in [1.54, 1.807) is 26.2 Å². The van der Waals surface area contributed by atoms with Crippen LogP contribution in [0.3, 0.4) is 0 Å². The Morgan fingerprint density at radius 1 is 1.00 bits per heavy atom. The molecule has 3 aliphatic rings. The van der Waals surface area contributed by atoms with E-state index in [9.17, 15) is 24.0 Å². The normalized spacial score (nSPS) is 22.8. The van der Waals surface area contributed by atoms with Crippen molar-refractivity contribution in [2.24, 2.45) is 11.8 Å². The molecule has 218 valence electrons. The second-order valence-electron chi connectivity index (χ2n) is 11.1. The summed E-state index contributed by atoms with van der Waals surface area (Å²) in [4.78, 5) is 63.8. The summed E-state index contributed by atoms with van der Waals surface area (Å²) in [7, 11) is 1.56. The number of rotatable bonds is 13. The predicted molar refractivity (Wildman–Crippen MR) is 145 cm³/mol. The van der Waals surface area contributed by atoms with E-state index >= 15 is 0 Å². The highest BCUT2D eigenvalue weighted by Gasteiger charge is 2.39. The second-order valence-corrected chi connectivity index (χ2v) is 11.1. The molecule has 0 spiro atoms. The molecule has 0 aromatic heterocycles. The van der Waals surface area contributed by atoms with Gasteiger partial charge in [0.15, 0.2) is 5.78 Å². The molecule has 5 atom stereocenters. The fourth-order valence-corrected chi connectivity index (χ4v) is 5.39. The monoisotopic (exact) mass is 556 g/mol. The van der Waals surface area contributed by atoms with E-state index < -0.39 is 42.0 Å². The number of methoxy groups -OCH3 is 1. The number of nitrogens with one attached hydrogen (secondary N) is 4. The van der Waals surface area contributed by atoms with Crippen LogP contribution in [0.2, 0.25) is 0 Å². The zero-order valence-corrected chi connectivity index (χ0v) is 23.2. The predicted octanol–water partition coefficient (Wildman–Crippen LogP) is 0.786. The first-order valence-electron chi connectivity index (χ1n) is 14.2. The first-order valence-corrected chi connectivity index (χ1v) is 14.2. The molecule has 3 fully saturated rings. The molecule has 1 aliphatic carbocycles. The van der Waals surface area contributed by atoms with Crippen molar-refractivity contribution in [3.8, 4) is 5.75 Å². The molecule has 0 bridgehead atoms. The molecule has 4 N–H and O–H groups in total. The maximum absolute atomic E-state index is 13.6. The Hall–Kier alpha value is -3.47. The van der Waals surface area contributed by atoms with Crippen LogP contribution in [0.1, 0.15) is 57.4 Å². The van der Waals surface area contributed by atoms with Crippen molar-refractivity contribution < 1.29 is 33.4 Å². The first kappa shape index (κ1) is 29.5. The third-order valence-electron chi connectivity index (χ3n) is 7.97. The number of Topliss-reactive ketones (excluding diaryl/α,β-unsaturated/α-hetero) is 1. The molecule has 2 aliphatic heterocycles. The molecule has 40 heavy (non-hydrogen) atoms. The SMILES string of the molecule is COc1ccc(C[C@H](NC(=O)[C@@H](C)NC(=O)[C@H]2CCC(=O)NC2)C(=O)N[C@@H](CC2CCCC2)C(=O)C2CO2)cc1. The largest absolute Gasteiger partial charge is 0.497 e. The summed E-state index contributed by atoms with van der Waals surface area (Å²) in [6.07, 6.45) is 5.21. The van der Waals surface area contributed by atoms with Crippen molar-refractivity contribution >= 4 is 29.4 Å². The minimum Gasteiger partial charge on any atom is -0.497 e.